The molecule has 0 saturated heterocycles. The molecule has 6 N–H and O–H groups in total. The molecule has 2 fully saturated rings. The Labute approximate surface area is 510 Å². The van der Waals surface area contributed by atoms with E-state index < -0.39 is 58.6 Å². The van der Waals surface area contributed by atoms with Crippen molar-refractivity contribution in [3.05, 3.63) is 105 Å². The number of benzene rings is 2. The van der Waals surface area contributed by atoms with Gasteiger partial charge in [0.15, 0.2) is 22.7 Å². The van der Waals surface area contributed by atoms with Crippen LogP contribution in [0.5, 0.6) is 0 Å². The number of aliphatic hydroxyl groups excluding tert-OH is 4. The van der Waals surface area contributed by atoms with Crippen LogP contribution in [0.2, 0.25) is 61.4 Å². The van der Waals surface area contributed by atoms with E-state index in [4.69, 9.17) is 56.3 Å². The maximum Gasteiger partial charge on any atom is 2.00 e. The van der Waals surface area contributed by atoms with Gasteiger partial charge in [0.1, 0.15) is 37.8 Å². The van der Waals surface area contributed by atoms with Crippen molar-refractivity contribution in [3.8, 4) is 6.07 Å². The number of ether oxygens (including phenoxy) is 2. The molecule has 0 radical (unpaired) electrons. The summed E-state index contributed by atoms with van der Waals surface area (Å²) in [5.74, 6) is -0.0203. The summed E-state index contributed by atoms with van der Waals surface area (Å²) in [5, 5.41) is 80.3. The van der Waals surface area contributed by atoms with Gasteiger partial charge in [-0.3, -0.25) is 9.59 Å². The Morgan fingerprint density at radius 3 is 1.49 bits per heavy atom. The number of rotatable bonds is 20. The molecule has 29 heteroatoms. The molecular formula is C53H68BrCl2N15O8Si2Zn. The molecule has 23 nitrogen and oxygen atoms in total. The normalized spacial score (nSPS) is 18.4. The molecule has 4 heterocycles. The van der Waals surface area contributed by atoms with Gasteiger partial charge in [0, 0.05) is 71.1 Å². The van der Waals surface area contributed by atoms with E-state index in [0.29, 0.717) is 100 Å². The molecule has 2 amide bonds. The Morgan fingerprint density at radius 1 is 0.695 bits per heavy atom. The first-order valence-electron chi connectivity index (χ1n) is 25.8. The minimum atomic E-state index is -1.30. The number of hydrogen-bond donors (Lipinski definition) is 6. The van der Waals surface area contributed by atoms with Gasteiger partial charge in [-0.05, 0) is 85.3 Å². The van der Waals surface area contributed by atoms with Gasteiger partial charge in [0.05, 0.1) is 58.9 Å². The van der Waals surface area contributed by atoms with Crippen LogP contribution in [0, 0.1) is 35.0 Å². The standard InChI is InChI=1S/C26H34ClN7O4Si.C25H34BrClN6O4Si.2CN.Zn/c1-33(13-17-11-18(27)6-5-16(17)12-28)26(37)22-21-24(31-19-7-8-20(35)23(19)36)29-14-30-25(21)34(32-22)15-38-9-10-39(2,3)4;1-32(12-15-11-16(27)5-6-17(15)26)25(36)21-20-23(30-18-7-8-19(34)22(18)35)28-13-29-24(20)33(31-21)14-37-9-10-38(2,3)4;2*1-2;/h5-6,11,14,19-20,23,35-36H,7-10,13,15H2,1-4H3,(H,29,30,31);5-6,11,13,18-19,22,34-35H,7-10,12,14H2,1-4H3,(H,28,29,30);;;/q;;2*-1;+2/t19-,20-,23+;18-,19-,22+;;;/m11.../s1. The number of aliphatic hydroxyl groups is 4. The number of nitriles is 1. The van der Waals surface area contributed by atoms with Gasteiger partial charge in [-0.25, -0.2) is 29.3 Å². The maximum absolute atomic E-state index is 13.8. The molecule has 2 aliphatic rings. The zero-order valence-electron chi connectivity index (χ0n) is 47.1. The number of carbonyl (C=O) groups excluding carboxylic acids is 2. The second-order valence-electron chi connectivity index (χ2n) is 22.0. The molecule has 4 aromatic heterocycles. The third-order valence-corrected chi connectivity index (χ3v) is 18.0. The summed E-state index contributed by atoms with van der Waals surface area (Å²) in [4.78, 5) is 48.1. The molecule has 0 aliphatic heterocycles. The van der Waals surface area contributed by atoms with Crippen molar-refractivity contribution in [2.45, 2.75) is 140 Å². The van der Waals surface area contributed by atoms with E-state index >= 15 is 0 Å². The minimum absolute atomic E-state index is 0. The molecule has 434 valence electrons. The van der Waals surface area contributed by atoms with Gasteiger partial charge in [0.25, 0.3) is 11.8 Å². The predicted octanol–water partition coefficient (Wildman–Crippen LogP) is 7.55. The molecule has 6 aromatic rings. The summed E-state index contributed by atoms with van der Waals surface area (Å²) in [6.45, 7) is 25.0. The summed E-state index contributed by atoms with van der Waals surface area (Å²) < 4.78 is 15.8. The zero-order chi connectivity index (χ0) is 59.9. The van der Waals surface area contributed by atoms with Crippen LogP contribution in [0.1, 0.15) is 63.4 Å². The molecule has 8 rings (SSSR count). The van der Waals surface area contributed by atoms with E-state index in [1.807, 2.05) is 6.07 Å². The SMILES string of the molecule is CN(Cc1cc(Cl)ccc1Br)C(=O)c1nn(COCC[Si](C)(C)C)c2ncnc(N[C@@H]3CC[C@@H](O)[C@H]3O)c12.CN(Cc1cc(Cl)ccc1C#N)C(=O)c1nn(COCC[Si](C)(C)C)c2ncnc(N[C@@H]3CC[C@@H](O)[C@H]3O)c12.[C-]#N.[C-]#N.[Zn+2]. The average molecular weight is 1320 g/mol. The van der Waals surface area contributed by atoms with Crippen LogP contribution >= 0.6 is 39.1 Å². The van der Waals surface area contributed by atoms with Crippen molar-refractivity contribution in [2.24, 2.45) is 0 Å². The molecule has 2 saturated carbocycles. The van der Waals surface area contributed by atoms with Crippen molar-refractivity contribution < 1.29 is 59.0 Å². The second-order valence-corrected chi connectivity index (χ2v) is 34.9. The number of nitrogens with zero attached hydrogens (tertiary/aromatic N) is 13. The van der Waals surface area contributed by atoms with Crippen LogP contribution < -0.4 is 10.6 Å². The number of amides is 2. The molecule has 82 heavy (non-hydrogen) atoms. The fourth-order valence-electron chi connectivity index (χ4n) is 8.84. The van der Waals surface area contributed by atoms with Gasteiger partial charge in [-0.2, -0.15) is 15.5 Å². The fourth-order valence-corrected chi connectivity index (χ4v) is 11.1. The Morgan fingerprint density at radius 2 is 1.10 bits per heavy atom. The topological polar surface area (TPSA) is 323 Å². The Hall–Kier alpha value is -5.57. The summed E-state index contributed by atoms with van der Waals surface area (Å²) in [6.07, 6.45) is 1.23. The first kappa shape index (κ1) is 68.9. The Bertz CT molecular complexity index is 3210. The number of nitrogens with one attached hydrogen (secondary N) is 2. The summed E-state index contributed by atoms with van der Waals surface area (Å²) in [5.41, 5.74) is 3.02. The third-order valence-electron chi connectivity index (χ3n) is 13.4. The number of hydrogen-bond acceptors (Lipinski definition) is 19. The number of aromatic nitrogens is 8. The number of carbonyl (C=O) groups is 2. The van der Waals surface area contributed by atoms with E-state index in [2.05, 4.69) is 102 Å². The zero-order valence-corrected chi connectivity index (χ0v) is 55.2. The second kappa shape index (κ2) is 31.4. The van der Waals surface area contributed by atoms with Gasteiger partial charge < -0.3 is 74.0 Å². The van der Waals surface area contributed by atoms with Crippen LogP contribution in [0.15, 0.2) is 53.5 Å². The fraction of sp³-hybridized carbons (Fsp3) is 0.491. The van der Waals surface area contributed by atoms with E-state index in [1.54, 1.807) is 54.0 Å². The summed E-state index contributed by atoms with van der Waals surface area (Å²) in [7, 11) is 0.743. The number of fused-ring (bicyclic) bond motifs is 2. The van der Waals surface area contributed by atoms with Crippen molar-refractivity contribution in [2.75, 3.05) is 37.9 Å². The van der Waals surface area contributed by atoms with Crippen LogP contribution in [-0.2, 0) is 55.5 Å². The van der Waals surface area contributed by atoms with Crippen LogP contribution in [0.3, 0.4) is 0 Å². The van der Waals surface area contributed by atoms with Gasteiger partial charge in [0.2, 0.25) is 0 Å². The van der Waals surface area contributed by atoms with Crippen molar-refractivity contribution in [3.63, 3.8) is 0 Å². The summed E-state index contributed by atoms with van der Waals surface area (Å²) in [6, 6.07) is 13.6. The molecule has 0 spiro atoms. The molecule has 0 unspecified atom stereocenters. The van der Waals surface area contributed by atoms with Crippen LogP contribution in [0.25, 0.3) is 22.1 Å². The summed E-state index contributed by atoms with van der Waals surface area (Å²) >= 11 is 15.8. The Kier molecular flexibility index (Phi) is 26.4. The molecule has 2 aromatic carbocycles. The number of anilines is 2. The first-order chi connectivity index (χ1) is 38.4. The smallest absolute Gasteiger partial charge is 0.512 e. The van der Waals surface area contributed by atoms with Crippen LogP contribution in [-0.4, -0.2) is 161 Å². The van der Waals surface area contributed by atoms with E-state index in [-0.39, 0.29) is 56.8 Å². The average Bonchev–Trinajstić information content (AvgIpc) is 4.19. The predicted molar refractivity (Wildman–Crippen MR) is 313 cm³/mol. The first-order valence-corrected chi connectivity index (χ1v) is 34.8. The van der Waals surface area contributed by atoms with Gasteiger partial charge >= 0.3 is 19.5 Å². The van der Waals surface area contributed by atoms with Crippen LogP contribution in [0.4, 0.5) is 11.6 Å². The largest absolute Gasteiger partial charge is 2.00 e. The van der Waals surface area contributed by atoms with E-state index in [0.717, 1.165) is 22.1 Å². The molecular weight excluding hydrogens is 1250 g/mol. The molecule has 2 aliphatic carbocycles. The molecule has 6 atom stereocenters. The van der Waals surface area contributed by atoms with Gasteiger partial charge in [-0.1, -0.05) is 78.4 Å². The Balaban J connectivity index is 0.000000329. The molecule has 0 bridgehead atoms. The third kappa shape index (κ3) is 18.2. The monoisotopic (exact) mass is 1310 g/mol. The van der Waals surface area contributed by atoms with Crippen molar-refractivity contribution in [1.82, 2.24) is 49.3 Å². The van der Waals surface area contributed by atoms with Gasteiger partial charge in [-0.15, -0.1) is 0 Å². The maximum atomic E-state index is 13.8. The van der Waals surface area contributed by atoms with E-state index in [1.165, 1.54) is 22.2 Å². The van der Waals surface area contributed by atoms with Crippen molar-refractivity contribution >= 4 is 101 Å². The van der Waals surface area contributed by atoms with E-state index in [9.17, 15) is 35.3 Å². The minimum Gasteiger partial charge on any atom is -0.512 e. The number of halogens is 3. The van der Waals surface area contributed by atoms with Crippen molar-refractivity contribution in [1.29, 1.82) is 15.8 Å². The quantitative estimate of drug-likeness (QED) is 0.0244.